The maximum Gasteiger partial charge on any atom is 0.254 e. The molecule has 0 saturated carbocycles. The molecule has 4 nitrogen and oxygen atoms in total. The first-order valence-electron chi connectivity index (χ1n) is 6.19. The van der Waals surface area contributed by atoms with Crippen molar-refractivity contribution in [2.45, 2.75) is 6.92 Å². The van der Waals surface area contributed by atoms with Gasteiger partial charge in [0.25, 0.3) is 5.91 Å². The van der Waals surface area contributed by atoms with Gasteiger partial charge in [-0.15, -0.1) is 0 Å². The molecule has 19 heavy (non-hydrogen) atoms. The van der Waals surface area contributed by atoms with E-state index in [1.165, 1.54) is 4.90 Å². The second-order valence-corrected chi connectivity index (χ2v) is 5.24. The Labute approximate surface area is 119 Å². The van der Waals surface area contributed by atoms with Crippen LogP contribution in [0, 0.1) is 5.92 Å². The molecule has 0 bridgehead atoms. The van der Waals surface area contributed by atoms with Gasteiger partial charge in [0, 0.05) is 33.4 Å². The quantitative estimate of drug-likeness (QED) is 0.873. The second-order valence-electron chi connectivity index (χ2n) is 4.84. The lowest BCUT2D eigenvalue weighted by Gasteiger charge is -2.15. The van der Waals surface area contributed by atoms with Crippen molar-refractivity contribution in [2.75, 3.05) is 39.7 Å². The van der Waals surface area contributed by atoms with E-state index in [-0.39, 0.29) is 5.91 Å². The van der Waals surface area contributed by atoms with Crippen molar-refractivity contribution in [3.05, 3.63) is 28.8 Å². The smallest absolute Gasteiger partial charge is 0.254 e. The Balaban J connectivity index is 2.76. The number of methoxy groups -OCH3 is 1. The van der Waals surface area contributed by atoms with Crippen molar-refractivity contribution in [1.82, 2.24) is 4.90 Å². The molecule has 1 atom stereocenters. The van der Waals surface area contributed by atoms with Gasteiger partial charge in [0.15, 0.2) is 0 Å². The molecule has 0 spiro atoms. The Morgan fingerprint density at radius 3 is 2.74 bits per heavy atom. The molecule has 1 amide bonds. The van der Waals surface area contributed by atoms with Crippen LogP contribution in [0.5, 0.6) is 0 Å². The number of amides is 1. The molecule has 1 N–H and O–H groups in total. The van der Waals surface area contributed by atoms with E-state index < -0.39 is 0 Å². The summed E-state index contributed by atoms with van der Waals surface area (Å²) in [6.07, 6.45) is 0. The first-order valence-corrected chi connectivity index (χ1v) is 6.57. The third kappa shape index (κ3) is 4.73. The summed E-state index contributed by atoms with van der Waals surface area (Å²) in [5.74, 6) is 0.298. The lowest BCUT2D eigenvalue weighted by molar-refractivity contribution is 0.0828. The molecule has 0 aromatic heterocycles. The van der Waals surface area contributed by atoms with Crippen molar-refractivity contribution in [1.29, 1.82) is 0 Å². The fraction of sp³-hybridized carbons (Fsp3) is 0.500. The standard InChI is InChI=1S/C14H21ClN2O2/c1-10(9-19-4)8-16-11-5-6-13(15)12(7-11)14(18)17(2)3/h5-7,10,16H,8-9H2,1-4H3. The molecule has 0 saturated heterocycles. The highest BCUT2D eigenvalue weighted by Gasteiger charge is 2.13. The van der Waals surface area contributed by atoms with Crippen molar-refractivity contribution in [3.63, 3.8) is 0 Å². The number of hydrogen-bond acceptors (Lipinski definition) is 3. The molecule has 106 valence electrons. The number of benzene rings is 1. The summed E-state index contributed by atoms with van der Waals surface area (Å²) in [7, 11) is 5.10. The zero-order valence-electron chi connectivity index (χ0n) is 11.9. The summed E-state index contributed by atoms with van der Waals surface area (Å²) in [5.41, 5.74) is 1.40. The van der Waals surface area contributed by atoms with Gasteiger partial charge in [0.2, 0.25) is 0 Å². The van der Waals surface area contributed by atoms with Gasteiger partial charge in [0.05, 0.1) is 17.2 Å². The molecule has 1 rings (SSSR count). The molecular formula is C14H21ClN2O2. The van der Waals surface area contributed by atoms with Gasteiger partial charge in [-0.1, -0.05) is 18.5 Å². The first-order chi connectivity index (χ1) is 8.95. The molecule has 0 aliphatic heterocycles. The largest absolute Gasteiger partial charge is 0.385 e. The van der Waals surface area contributed by atoms with Crippen LogP contribution in [0.25, 0.3) is 0 Å². The SMILES string of the molecule is COCC(C)CNc1ccc(Cl)c(C(=O)N(C)C)c1. The van der Waals surface area contributed by atoms with Gasteiger partial charge in [0.1, 0.15) is 0 Å². The van der Waals surface area contributed by atoms with Crippen molar-refractivity contribution < 1.29 is 9.53 Å². The summed E-state index contributed by atoms with van der Waals surface area (Å²) in [6.45, 7) is 3.58. The van der Waals surface area contributed by atoms with E-state index in [1.807, 2.05) is 6.07 Å². The molecule has 0 heterocycles. The molecule has 1 aromatic carbocycles. The number of halogens is 1. The highest BCUT2D eigenvalue weighted by atomic mass is 35.5. The van der Waals surface area contributed by atoms with Gasteiger partial charge < -0.3 is 15.0 Å². The van der Waals surface area contributed by atoms with Gasteiger partial charge in [-0.25, -0.2) is 0 Å². The van der Waals surface area contributed by atoms with Gasteiger partial charge in [-0.05, 0) is 24.1 Å². The summed E-state index contributed by atoms with van der Waals surface area (Å²) in [4.78, 5) is 13.5. The van der Waals surface area contributed by atoms with Crippen molar-refractivity contribution in [2.24, 2.45) is 5.92 Å². The maximum atomic E-state index is 12.0. The Bertz CT molecular complexity index is 435. The van der Waals surface area contributed by atoms with Crippen LogP contribution in [0.15, 0.2) is 18.2 Å². The lowest BCUT2D eigenvalue weighted by atomic mass is 10.1. The van der Waals surface area contributed by atoms with Gasteiger partial charge in [-0.2, -0.15) is 0 Å². The van der Waals surface area contributed by atoms with Crippen LogP contribution >= 0.6 is 11.6 Å². The monoisotopic (exact) mass is 284 g/mol. The molecule has 0 aliphatic carbocycles. The fourth-order valence-corrected chi connectivity index (χ4v) is 1.87. The van der Waals surface area contributed by atoms with E-state index in [1.54, 1.807) is 33.3 Å². The van der Waals surface area contributed by atoms with Crippen LogP contribution in [-0.2, 0) is 4.74 Å². The second kappa shape index (κ2) is 7.36. The normalized spacial score (nSPS) is 12.1. The number of carbonyl (C=O) groups is 1. The summed E-state index contributed by atoms with van der Waals surface area (Å²) < 4.78 is 5.08. The van der Waals surface area contributed by atoms with E-state index in [9.17, 15) is 4.79 Å². The molecular weight excluding hydrogens is 264 g/mol. The predicted molar refractivity (Wildman–Crippen MR) is 79.0 cm³/mol. The number of ether oxygens (including phenoxy) is 1. The first kappa shape index (κ1) is 15.8. The minimum Gasteiger partial charge on any atom is -0.385 e. The molecule has 5 heteroatoms. The summed E-state index contributed by atoms with van der Waals surface area (Å²) >= 11 is 6.05. The Morgan fingerprint density at radius 2 is 2.16 bits per heavy atom. The molecule has 1 unspecified atom stereocenters. The Morgan fingerprint density at radius 1 is 1.47 bits per heavy atom. The Hall–Kier alpha value is -1.26. The number of rotatable bonds is 6. The molecule has 0 aliphatic rings. The van der Waals surface area contributed by atoms with Crippen LogP contribution in [0.4, 0.5) is 5.69 Å². The van der Waals surface area contributed by atoms with Crippen molar-refractivity contribution >= 4 is 23.2 Å². The average molecular weight is 285 g/mol. The number of carbonyl (C=O) groups excluding carboxylic acids is 1. The van der Waals surface area contributed by atoms with E-state index >= 15 is 0 Å². The van der Waals surface area contributed by atoms with E-state index in [0.717, 1.165) is 12.2 Å². The van der Waals surface area contributed by atoms with Crippen LogP contribution in [-0.4, -0.2) is 45.2 Å². The molecule has 0 fully saturated rings. The number of nitrogens with one attached hydrogen (secondary N) is 1. The van der Waals surface area contributed by atoms with Crippen LogP contribution < -0.4 is 5.32 Å². The van der Waals surface area contributed by atoms with Crippen LogP contribution in [0.1, 0.15) is 17.3 Å². The predicted octanol–water partition coefficient (Wildman–Crippen LogP) is 2.74. The van der Waals surface area contributed by atoms with Crippen LogP contribution in [0.3, 0.4) is 0 Å². The zero-order chi connectivity index (χ0) is 14.4. The van der Waals surface area contributed by atoms with Gasteiger partial charge >= 0.3 is 0 Å². The minimum atomic E-state index is -0.0985. The lowest BCUT2D eigenvalue weighted by Crippen LogP contribution is -2.22. The number of anilines is 1. The third-order valence-corrected chi connectivity index (χ3v) is 3.04. The number of nitrogens with zero attached hydrogens (tertiary/aromatic N) is 1. The van der Waals surface area contributed by atoms with Crippen molar-refractivity contribution in [3.8, 4) is 0 Å². The molecule has 0 radical (unpaired) electrons. The summed E-state index contributed by atoms with van der Waals surface area (Å²) in [5, 5.41) is 3.75. The third-order valence-electron chi connectivity index (χ3n) is 2.71. The van der Waals surface area contributed by atoms with E-state index in [0.29, 0.717) is 23.1 Å². The Kier molecular flexibility index (Phi) is 6.12. The summed E-state index contributed by atoms with van der Waals surface area (Å²) in [6, 6.07) is 5.39. The zero-order valence-corrected chi connectivity index (χ0v) is 12.6. The molecule has 1 aromatic rings. The maximum absolute atomic E-state index is 12.0. The highest BCUT2D eigenvalue weighted by Crippen LogP contribution is 2.21. The minimum absolute atomic E-state index is 0.0985. The average Bonchev–Trinajstić information content (AvgIpc) is 2.37. The van der Waals surface area contributed by atoms with Gasteiger partial charge in [-0.3, -0.25) is 4.79 Å². The highest BCUT2D eigenvalue weighted by molar-refractivity contribution is 6.34. The van der Waals surface area contributed by atoms with E-state index in [2.05, 4.69) is 12.2 Å². The topological polar surface area (TPSA) is 41.6 Å². The number of hydrogen-bond donors (Lipinski definition) is 1. The van der Waals surface area contributed by atoms with Crippen LogP contribution in [0.2, 0.25) is 5.02 Å². The fourth-order valence-electron chi connectivity index (χ4n) is 1.68. The van der Waals surface area contributed by atoms with E-state index in [4.69, 9.17) is 16.3 Å².